The number of fused-ring (bicyclic) bond motifs is 2. The Balaban J connectivity index is 0.000000815. The van der Waals surface area contributed by atoms with Gasteiger partial charge in [0.2, 0.25) is 0 Å². The molecule has 2 N–H and O–H groups in total. The number of Topliss-reactive ketones (excluding diaryl/α,β-unsaturated/α-hetero) is 1. The Hall–Kier alpha value is -3.12. The maximum Gasteiger partial charge on any atom is 0.178 e. The van der Waals surface area contributed by atoms with Crippen molar-refractivity contribution in [3.63, 3.8) is 0 Å². The lowest BCUT2D eigenvalue weighted by atomic mass is 10.1. The van der Waals surface area contributed by atoms with E-state index in [2.05, 4.69) is 20.7 Å². The normalized spacial score (nSPS) is 12.3. The summed E-state index contributed by atoms with van der Waals surface area (Å²) in [5.41, 5.74) is 6.08. The van der Waals surface area contributed by atoms with Crippen LogP contribution in [0.4, 0.5) is 5.82 Å². The number of carbonyl (C=O) groups excluding carboxylic acids is 1. The van der Waals surface area contributed by atoms with Crippen LogP contribution in [-0.2, 0) is 11.2 Å². The Morgan fingerprint density at radius 1 is 1.00 bits per heavy atom. The van der Waals surface area contributed by atoms with Gasteiger partial charge in [0.05, 0.1) is 11.7 Å². The molecule has 0 amide bonds. The fourth-order valence-corrected chi connectivity index (χ4v) is 2.47. The van der Waals surface area contributed by atoms with Gasteiger partial charge in [0.15, 0.2) is 11.6 Å². The zero-order valence-corrected chi connectivity index (χ0v) is 13.1. The molecule has 0 spiro atoms. The second kappa shape index (κ2) is 6.97. The van der Waals surface area contributed by atoms with E-state index in [-0.39, 0.29) is 12.2 Å². The number of aromatic nitrogens is 2. The topological polar surface area (TPSA) is 90.5 Å². The van der Waals surface area contributed by atoms with Crippen molar-refractivity contribution in [1.29, 1.82) is 0 Å². The highest BCUT2D eigenvalue weighted by Crippen LogP contribution is 2.35. The van der Waals surface area contributed by atoms with Gasteiger partial charge in [-0.15, -0.1) is 0 Å². The molecule has 3 heterocycles. The van der Waals surface area contributed by atoms with Crippen molar-refractivity contribution in [2.45, 2.75) is 6.42 Å². The van der Waals surface area contributed by atoms with Crippen LogP contribution in [0.5, 0.6) is 11.5 Å². The molecule has 0 bridgehead atoms. The molecule has 0 saturated carbocycles. The average Bonchev–Trinajstić information content (AvgIpc) is 2.64. The van der Waals surface area contributed by atoms with E-state index >= 15 is 0 Å². The zero-order chi connectivity index (χ0) is 16.9. The van der Waals surface area contributed by atoms with Crippen molar-refractivity contribution in [2.75, 3.05) is 7.05 Å². The SMILES string of the molecule is CN.O=C1C=Nc2nccc(Oc3cccc4ncccc34)c2C1. The molecule has 3 aromatic rings. The first-order valence-electron chi connectivity index (χ1n) is 7.45. The number of nitrogens with zero attached hydrogens (tertiary/aromatic N) is 3. The van der Waals surface area contributed by atoms with E-state index in [1.165, 1.54) is 13.3 Å². The molecule has 0 radical (unpaired) electrons. The molecule has 2 aromatic heterocycles. The van der Waals surface area contributed by atoms with Gasteiger partial charge in [-0.3, -0.25) is 9.78 Å². The minimum Gasteiger partial charge on any atom is -0.456 e. The lowest BCUT2D eigenvalue weighted by Crippen LogP contribution is -2.10. The van der Waals surface area contributed by atoms with Gasteiger partial charge in [0, 0.05) is 29.8 Å². The second-order valence-electron chi connectivity index (χ2n) is 4.94. The van der Waals surface area contributed by atoms with Crippen LogP contribution in [-0.4, -0.2) is 29.0 Å². The van der Waals surface area contributed by atoms with E-state index in [0.717, 1.165) is 16.5 Å². The number of hydrogen-bond donors (Lipinski definition) is 1. The summed E-state index contributed by atoms with van der Waals surface area (Å²) in [6.45, 7) is 0. The van der Waals surface area contributed by atoms with Crippen molar-refractivity contribution in [2.24, 2.45) is 10.7 Å². The van der Waals surface area contributed by atoms with Crippen LogP contribution in [0.25, 0.3) is 10.9 Å². The van der Waals surface area contributed by atoms with E-state index in [0.29, 0.717) is 17.3 Å². The number of benzene rings is 1. The Kier molecular flexibility index (Phi) is 4.58. The molecule has 0 atom stereocenters. The van der Waals surface area contributed by atoms with Crippen LogP contribution < -0.4 is 10.5 Å². The fourth-order valence-electron chi connectivity index (χ4n) is 2.47. The van der Waals surface area contributed by atoms with Crippen molar-refractivity contribution in [1.82, 2.24) is 9.97 Å². The van der Waals surface area contributed by atoms with Crippen LogP contribution in [0.1, 0.15) is 5.56 Å². The maximum atomic E-state index is 11.6. The van der Waals surface area contributed by atoms with Gasteiger partial charge in [-0.25, -0.2) is 9.98 Å². The van der Waals surface area contributed by atoms with Crippen LogP contribution >= 0.6 is 0 Å². The lowest BCUT2D eigenvalue weighted by molar-refractivity contribution is -0.112. The Labute approximate surface area is 139 Å². The predicted octanol–water partition coefficient (Wildman–Crippen LogP) is 2.82. The third-order valence-electron chi connectivity index (χ3n) is 3.50. The molecule has 1 aliphatic rings. The first kappa shape index (κ1) is 15.8. The molecular formula is C18H16N4O2. The summed E-state index contributed by atoms with van der Waals surface area (Å²) in [7, 11) is 1.50. The van der Waals surface area contributed by atoms with E-state index in [9.17, 15) is 4.79 Å². The van der Waals surface area contributed by atoms with E-state index < -0.39 is 0 Å². The zero-order valence-electron chi connectivity index (χ0n) is 13.1. The average molecular weight is 320 g/mol. The molecule has 0 unspecified atom stereocenters. The number of hydrogen-bond acceptors (Lipinski definition) is 6. The molecule has 4 rings (SSSR count). The van der Waals surface area contributed by atoms with E-state index in [1.54, 1.807) is 18.5 Å². The number of pyridine rings is 2. The summed E-state index contributed by atoms with van der Waals surface area (Å²) >= 11 is 0. The molecular weight excluding hydrogens is 304 g/mol. The summed E-state index contributed by atoms with van der Waals surface area (Å²) in [6, 6.07) is 11.3. The van der Waals surface area contributed by atoms with Crippen molar-refractivity contribution >= 4 is 28.7 Å². The quantitative estimate of drug-likeness (QED) is 0.784. The molecule has 0 fully saturated rings. The summed E-state index contributed by atoms with van der Waals surface area (Å²) in [4.78, 5) is 24.1. The van der Waals surface area contributed by atoms with Gasteiger partial charge >= 0.3 is 0 Å². The standard InChI is InChI=1S/C17H11N3O2.CH5N/c21-11-9-13-16(6-8-19-17(13)20-10-11)22-15-5-1-4-14-12(15)3-2-7-18-14;1-2/h1-8,10H,9H2;2H2,1H3. The Morgan fingerprint density at radius 3 is 2.75 bits per heavy atom. The van der Waals surface area contributed by atoms with Gasteiger partial charge in [-0.05, 0) is 37.4 Å². The van der Waals surface area contributed by atoms with Gasteiger partial charge < -0.3 is 10.5 Å². The van der Waals surface area contributed by atoms with Crippen molar-refractivity contribution < 1.29 is 9.53 Å². The number of ether oxygens (including phenoxy) is 1. The predicted molar refractivity (Wildman–Crippen MR) is 93.0 cm³/mol. The first-order valence-corrected chi connectivity index (χ1v) is 7.45. The molecule has 120 valence electrons. The number of nitrogens with two attached hydrogens (primary N) is 1. The monoisotopic (exact) mass is 320 g/mol. The molecule has 6 heteroatoms. The molecule has 6 nitrogen and oxygen atoms in total. The molecule has 0 aliphatic carbocycles. The molecule has 1 aliphatic heterocycles. The van der Waals surface area contributed by atoms with Gasteiger partial charge in [-0.1, -0.05) is 6.07 Å². The Morgan fingerprint density at radius 2 is 1.88 bits per heavy atom. The third-order valence-corrected chi connectivity index (χ3v) is 3.50. The fraction of sp³-hybridized carbons (Fsp3) is 0.111. The summed E-state index contributed by atoms with van der Waals surface area (Å²) in [5, 5.41) is 0.918. The van der Waals surface area contributed by atoms with Gasteiger partial charge in [0.25, 0.3) is 0 Å². The number of ketones is 1. The number of carbonyl (C=O) groups is 1. The smallest absolute Gasteiger partial charge is 0.178 e. The van der Waals surface area contributed by atoms with Crippen molar-refractivity contribution in [3.05, 3.63) is 54.4 Å². The maximum absolute atomic E-state index is 11.6. The largest absolute Gasteiger partial charge is 0.456 e. The van der Waals surface area contributed by atoms with Gasteiger partial charge in [0.1, 0.15) is 11.5 Å². The molecule has 1 aromatic carbocycles. The van der Waals surface area contributed by atoms with Crippen LogP contribution in [0.3, 0.4) is 0 Å². The number of rotatable bonds is 2. The first-order chi connectivity index (χ1) is 11.8. The van der Waals surface area contributed by atoms with E-state index in [1.807, 2.05) is 30.3 Å². The third kappa shape index (κ3) is 3.00. The highest BCUT2D eigenvalue weighted by molar-refractivity contribution is 6.29. The van der Waals surface area contributed by atoms with Crippen LogP contribution in [0.15, 0.2) is 53.8 Å². The van der Waals surface area contributed by atoms with Gasteiger partial charge in [-0.2, -0.15) is 0 Å². The van der Waals surface area contributed by atoms with E-state index in [4.69, 9.17) is 4.74 Å². The van der Waals surface area contributed by atoms with Crippen LogP contribution in [0, 0.1) is 0 Å². The molecule has 0 saturated heterocycles. The van der Waals surface area contributed by atoms with Crippen LogP contribution in [0.2, 0.25) is 0 Å². The summed E-state index contributed by atoms with van der Waals surface area (Å²) < 4.78 is 6.03. The summed E-state index contributed by atoms with van der Waals surface area (Å²) in [5.74, 6) is 1.79. The lowest BCUT2D eigenvalue weighted by Gasteiger charge is -2.14. The second-order valence-corrected chi connectivity index (χ2v) is 4.94. The molecule has 24 heavy (non-hydrogen) atoms. The highest BCUT2D eigenvalue weighted by atomic mass is 16.5. The Bertz CT molecular complexity index is 917. The minimum absolute atomic E-state index is 0.0510. The van der Waals surface area contributed by atoms with Crippen molar-refractivity contribution in [3.8, 4) is 11.5 Å². The minimum atomic E-state index is -0.0510. The highest BCUT2D eigenvalue weighted by Gasteiger charge is 2.18. The number of aliphatic imine (C=N–C) groups is 1. The summed E-state index contributed by atoms with van der Waals surface area (Å²) in [6.07, 6.45) is 4.93.